The maximum absolute atomic E-state index is 13.2. The van der Waals surface area contributed by atoms with Crippen molar-refractivity contribution in [1.29, 1.82) is 0 Å². The second-order valence-corrected chi connectivity index (χ2v) is 3.67. The Hall–Kier alpha value is -1.50. The molecule has 94 valence electrons. The molecular weight excluding hydrogens is 229 g/mol. The van der Waals surface area contributed by atoms with Gasteiger partial charge in [-0.25, -0.2) is 4.39 Å². The van der Waals surface area contributed by atoms with Crippen molar-refractivity contribution in [3.8, 4) is 0 Å². The van der Waals surface area contributed by atoms with Crippen LogP contribution in [0.15, 0.2) is 18.2 Å². The molecule has 0 saturated heterocycles. The molecule has 0 heterocycles. The molecule has 0 bridgehead atoms. The fourth-order valence-electron chi connectivity index (χ4n) is 1.43. The molecule has 5 nitrogen and oxygen atoms in total. The summed E-state index contributed by atoms with van der Waals surface area (Å²) >= 11 is 0. The van der Waals surface area contributed by atoms with Crippen molar-refractivity contribution in [3.05, 3.63) is 35.1 Å². The van der Waals surface area contributed by atoms with E-state index in [1.807, 2.05) is 0 Å². The van der Waals surface area contributed by atoms with Crippen LogP contribution < -0.4 is 5.73 Å². The van der Waals surface area contributed by atoms with E-state index in [0.29, 0.717) is 0 Å². The third-order valence-electron chi connectivity index (χ3n) is 2.36. The number of rotatable bonds is 5. The molecule has 1 aromatic rings. The molecule has 0 aliphatic rings. The van der Waals surface area contributed by atoms with Gasteiger partial charge >= 0.3 is 5.97 Å². The van der Waals surface area contributed by atoms with Gasteiger partial charge in [0.25, 0.3) is 0 Å². The molecular formula is C11H14FNO4. The SMILES string of the molecule is NCC(O)C(O)c1ccc(F)c(CC(=O)O)c1. The second-order valence-electron chi connectivity index (χ2n) is 3.67. The standard InChI is InChI=1S/C11H14FNO4/c12-8-2-1-6(11(17)9(14)5-13)3-7(8)4-10(15)16/h1-3,9,11,14,17H,4-5,13H2,(H,15,16). The minimum absolute atomic E-state index is 0.0433. The van der Waals surface area contributed by atoms with Crippen molar-refractivity contribution < 1.29 is 24.5 Å². The van der Waals surface area contributed by atoms with Crippen LogP contribution in [0.4, 0.5) is 4.39 Å². The molecule has 0 radical (unpaired) electrons. The van der Waals surface area contributed by atoms with Gasteiger partial charge in [-0.15, -0.1) is 0 Å². The predicted octanol–water partition coefficient (Wildman–Crippen LogP) is -0.194. The molecule has 0 amide bonds. The van der Waals surface area contributed by atoms with Gasteiger partial charge in [0.2, 0.25) is 0 Å². The van der Waals surface area contributed by atoms with Crippen molar-refractivity contribution in [3.63, 3.8) is 0 Å². The molecule has 1 rings (SSSR count). The lowest BCUT2D eigenvalue weighted by atomic mass is 10.0. The van der Waals surface area contributed by atoms with E-state index in [9.17, 15) is 19.4 Å². The lowest BCUT2D eigenvalue weighted by Crippen LogP contribution is -2.27. The van der Waals surface area contributed by atoms with Crippen LogP contribution in [0, 0.1) is 5.82 Å². The summed E-state index contributed by atoms with van der Waals surface area (Å²) in [6, 6.07) is 3.55. The molecule has 2 atom stereocenters. The zero-order valence-electron chi connectivity index (χ0n) is 9.01. The number of hydrogen-bond acceptors (Lipinski definition) is 4. The molecule has 6 heteroatoms. The van der Waals surface area contributed by atoms with Gasteiger partial charge in [-0.2, -0.15) is 0 Å². The summed E-state index contributed by atoms with van der Waals surface area (Å²) in [6.45, 7) is -0.146. The van der Waals surface area contributed by atoms with Gasteiger partial charge in [0.05, 0.1) is 12.5 Å². The number of nitrogens with two attached hydrogens (primary N) is 1. The maximum Gasteiger partial charge on any atom is 0.307 e. The average Bonchev–Trinajstić information content (AvgIpc) is 2.29. The number of hydrogen-bond donors (Lipinski definition) is 4. The first-order valence-electron chi connectivity index (χ1n) is 5.02. The molecule has 0 aliphatic carbocycles. The molecule has 0 spiro atoms. The van der Waals surface area contributed by atoms with E-state index in [4.69, 9.17) is 10.8 Å². The normalized spacial score (nSPS) is 14.4. The number of aliphatic hydroxyl groups excluding tert-OH is 2. The highest BCUT2D eigenvalue weighted by Gasteiger charge is 2.18. The van der Waals surface area contributed by atoms with Crippen LogP contribution in [0.5, 0.6) is 0 Å². The van der Waals surface area contributed by atoms with E-state index < -0.39 is 30.4 Å². The van der Waals surface area contributed by atoms with Crippen LogP contribution in [0.1, 0.15) is 17.2 Å². The Bertz CT molecular complexity index is 410. The first-order valence-corrected chi connectivity index (χ1v) is 5.02. The average molecular weight is 243 g/mol. The molecule has 5 N–H and O–H groups in total. The number of carbonyl (C=O) groups is 1. The Balaban J connectivity index is 2.99. The van der Waals surface area contributed by atoms with Gasteiger partial charge in [0, 0.05) is 6.54 Å². The van der Waals surface area contributed by atoms with Crippen LogP contribution in [-0.4, -0.2) is 33.9 Å². The van der Waals surface area contributed by atoms with Crippen molar-refractivity contribution in [2.75, 3.05) is 6.54 Å². The number of carboxylic acid groups (broad SMARTS) is 1. The minimum Gasteiger partial charge on any atom is -0.481 e. The number of carboxylic acids is 1. The van der Waals surface area contributed by atoms with Crippen molar-refractivity contribution in [1.82, 2.24) is 0 Å². The summed E-state index contributed by atoms with van der Waals surface area (Å²) in [6.07, 6.45) is -2.91. The van der Waals surface area contributed by atoms with Gasteiger partial charge in [-0.1, -0.05) is 6.07 Å². The quantitative estimate of drug-likeness (QED) is 0.573. The molecule has 2 unspecified atom stereocenters. The monoisotopic (exact) mass is 243 g/mol. The molecule has 1 aromatic carbocycles. The third-order valence-corrected chi connectivity index (χ3v) is 2.36. The largest absolute Gasteiger partial charge is 0.481 e. The van der Waals surface area contributed by atoms with Crippen LogP contribution in [0.3, 0.4) is 0 Å². The van der Waals surface area contributed by atoms with E-state index in [0.717, 1.165) is 6.07 Å². The fourth-order valence-corrected chi connectivity index (χ4v) is 1.43. The van der Waals surface area contributed by atoms with Crippen LogP contribution in [0.25, 0.3) is 0 Å². The maximum atomic E-state index is 13.2. The van der Waals surface area contributed by atoms with E-state index >= 15 is 0 Å². The number of aliphatic carboxylic acids is 1. The molecule has 0 fully saturated rings. The summed E-state index contributed by atoms with van der Waals surface area (Å²) in [5.74, 6) is -1.83. The highest BCUT2D eigenvalue weighted by atomic mass is 19.1. The highest BCUT2D eigenvalue weighted by Crippen LogP contribution is 2.20. The summed E-state index contributed by atoms with van der Waals surface area (Å²) in [4.78, 5) is 10.5. The summed E-state index contributed by atoms with van der Waals surface area (Å²) < 4.78 is 13.2. The summed E-state index contributed by atoms with van der Waals surface area (Å²) in [5.41, 5.74) is 5.37. The Kier molecular flexibility index (Phi) is 4.56. The Labute approximate surface area is 97.3 Å². The number of benzene rings is 1. The van der Waals surface area contributed by atoms with Crippen molar-refractivity contribution in [2.24, 2.45) is 5.73 Å². The lowest BCUT2D eigenvalue weighted by Gasteiger charge is -2.17. The summed E-state index contributed by atoms with van der Waals surface area (Å²) in [7, 11) is 0. The van der Waals surface area contributed by atoms with E-state index in [1.165, 1.54) is 12.1 Å². The smallest absolute Gasteiger partial charge is 0.307 e. The molecule has 0 saturated carbocycles. The zero-order valence-corrected chi connectivity index (χ0v) is 9.01. The van der Waals surface area contributed by atoms with Gasteiger partial charge in [-0.3, -0.25) is 4.79 Å². The Morgan fingerprint density at radius 1 is 1.41 bits per heavy atom. The van der Waals surface area contributed by atoms with Gasteiger partial charge in [0.1, 0.15) is 11.9 Å². The van der Waals surface area contributed by atoms with Gasteiger partial charge < -0.3 is 21.1 Å². The van der Waals surface area contributed by atoms with Crippen molar-refractivity contribution in [2.45, 2.75) is 18.6 Å². The van der Waals surface area contributed by atoms with Crippen LogP contribution in [-0.2, 0) is 11.2 Å². The third kappa shape index (κ3) is 3.48. The summed E-state index contributed by atoms with van der Waals surface area (Å²) in [5, 5.41) is 27.6. The predicted molar refractivity (Wildman–Crippen MR) is 57.8 cm³/mol. The van der Waals surface area contributed by atoms with Crippen LogP contribution in [0.2, 0.25) is 0 Å². The lowest BCUT2D eigenvalue weighted by molar-refractivity contribution is -0.136. The van der Waals surface area contributed by atoms with Gasteiger partial charge in [-0.05, 0) is 23.3 Å². The topological polar surface area (TPSA) is 104 Å². The van der Waals surface area contributed by atoms with E-state index in [1.54, 1.807) is 0 Å². The Morgan fingerprint density at radius 3 is 2.59 bits per heavy atom. The zero-order chi connectivity index (χ0) is 13.0. The second kappa shape index (κ2) is 5.72. The molecule has 0 aliphatic heterocycles. The molecule has 17 heavy (non-hydrogen) atoms. The number of aliphatic hydroxyl groups is 2. The first-order chi connectivity index (χ1) is 7.95. The minimum atomic E-state index is -1.26. The Morgan fingerprint density at radius 2 is 2.06 bits per heavy atom. The van der Waals surface area contributed by atoms with Crippen molar-refractivity contribution >= 4 is 5.97 Å². The van der Waals surface area contributed by atoms with E-state index in [2.05, 4.69) is 0 Å². The van der Waals surface area contributed by atoms with E-state index in [-0.39, 0.29) is 17.7 Å². The number of halogens is 1. The fraction of sp³-hybridized carbons (Fsp3) is 0.364. The van der Waals surface area contributed by atoms with Gasteiger partial charge in [0.15, 0.2) is 0 Å². The molecule has 0 aromatic heterocycles. The van der Waals surface area contributed by atoms with Crippen LogP contribution >= 0.6 is 0 Å². The first kappa shape index (κ1) is 13.6. The highest BCUT2D eigenvalue weighted by molar-refractivity contribution is 5.70.